The summed E-state index contributed by atoms with van der Waals surface area (Å²) in [4.78, 5) is 4.97. The molecular formula is C34H22N2O. The van der Waals surface area contributed by atoms with Gasteiger partial charge in [0.05, 0.1) is 17.4 Å². The topological polar surface area (TPSA) is 37.5 Å². The lowest BCUT2D eigenvalue weighted by molar-refractivity contribution is 0.670. The zero-order valence-corrected chi connectivity index (χ0v) is 20.0. The second-order valence-electron chi connectivity index (χ2n) is 9.62. The molecule has 3 heteroatoms. The van der Waals surface area contributed by atoms with Crippen LogP contribution in [-0.4, -0.2) is 6.21 Å². The number of nitrogens with one attached hydrogen (secondary N) is 1. The fourth-order valence-corrected chi connectivity index (χ4v) is 5.76. The van der Waals surface area contributed by atoms with Crippen molar-refractivity contribution in [3.05, 3.63) is 121 Å². The first kappa shape index (κ1) is 20.3. The van der Waals surface area contributed by atoms with Gasteiger partial charge in [0.25, 0.3) is 0 Å². The molecule has 1 aliphatic heterocycles. The Morgan fingerprint density at radius 3 is 2.03 bits per heavy atom. The summed E-state index contributed by atoms with van der Waals surface area (Å²) in [7, 11) is 0. The maximum Gasteiger partial charge on any atom is 0.143 e. The van der Waals surface area contributed by atoms with E-state index in [0.717, 1.165) is 44.4 Å². The van der Waals surface area contributed by atoms with Crippen LogP contribution in [0.2, 0.25) is 0 Å². The van der Waals surface area contributed by atoms with Gasteiger partial charge in [0.2, 0.25) is 0 Å². The number of nitrogens with zero attached hydrogens (tertiary/aromatic N) is 1. The molecule has 2 heterocycles. The number of furan rings is 1. The predicted octanol–water partition coefficient (Wildman–Crippen LogP) is 9.43. The molecule has 1 aliphatic rings. The predicted molar refractivity (Wildman–Crippen MR) is 155 cm³/mol. The van der Waals surface area contributed by atoms with Crippen LogP contribution in [0.15, 0.2) is 125 Å². The molecule has 0 aliphatic carbocycles. The Bertz CT molecular complexity index is 2010. The van der Waals surface area contributed by atoms with Crippen molar-refractivity contribution in [2.45, 2.75) is 6.04 Å². The standard InChI is InChI=1S/C34H22N2O/c1-3-11-27-24(8-1)25-9-2-4-12-28(25)33-32(27)35-20-30(36-33)22-18-16-21(17-19-22)23-13-7-14-29-26-10-5-6-15-31(26)37-34(23)29/h1-20,30,36H. The summed E-state index contributed by atoms with van der Waals surface area (Å²) in [5.74, 6) is 0. The second kappa shape index (κ2) is 7.81. The van der Waals surface area contributed by atoms with Crippen LogP contribution < -0.4 is 5.32 Å². The first-order chi connectivity index (χ1) is 18.3. The third-order valence-electron chi connectivity index (χ3n) is 7.54. The Kier molecular flexibility index (Phi) is 4.29. The Balaban J connectivity index is 1.20. The van der Waals surface area contributed by atoms with Gasteiger partial charge < -0.3 is 9.73 Å². The van der Waals surface area contributed by atoms with E-state index in [1.807, 2.05) is 18.3 Å². The number of anilines is 1. The van der Waals surface area contributed by atoms with Crippen molar-refractivity contribution >= 4 is 61.1 Å². The molecule has 3 nitrogen and oxygen atoms in total. The summed E-state index contributed by atoms with van der Waals surface area (Å²) >= 11 is 0. The van der Waals surface area contributed by atoms with Crippen molar-refractivity contribution in [1.29, 1.82) is 0 Å². The quantitative estimate of drug-likeness (QED) is 0.253. The van der Waals surface area contributed by atoms with Crippen molar-refractivity contribution in [2.75, 3.05) is 5.32 Å². The molecule has 37 heavy (non-hydrogen) atoms. The lowest BCUT2D eigenvalue weighted by atomic mass is 9.95. The summed E-state index contributed by atoms with van der Waals surface area (Å²) < 4.78 is 6.27. The second-order valence-corrected chi connectivity index (χ2v) is 9.62. The molecule has 0 saturated heterocycles. The van der Waals surface area contributed by atoms with Crippen LogP contribution >= 0.6 is 0 Å². The highest BCUT2D eigenvalue weighted by molar-refractivity contribution is 6.20. The summed E-state index contributed by atoms with van der Waals surface area (Å²) in [6.07, 6.45) is 2.03. The molecule has 0 radical (unpaired) electrons. The number of fused-ring (bicyclic) bond motifs is 9. The van der Waals surface area contributed by atoms with E-state index in [0.29, 0.717) is 0 Å². The molecule has 6 aromatic carbocycles. The Labute approximate surface area is 213 Å². The fourth-order valence-electron chi connectivity index (χ4n) is 5.76. The van der Waals surface area contributed by atoms with Gasteiger partial charge >= 0.3 is 0 Å². The van der Waals surface area contributed by atoms with Crippen LogP contribution in [-0.2, 0) is 0 Å². The van der Waals surface area contributed by atoms with Crippen LogP contribution in [0.25, 0.3) is 54.6 Å². The number of aliphatic imine (C=N–C) groups is 1. The lowest BCUT2D eigenvalue weighted by Crippen LogP contribution is -2.15. The summed E-state index contributed by atoms with van der Waals surface area (Å²) in [6.45, 7) is 0. The molecule has 0 fully saturated rings. The number of hydrogen-bond acceptors (Lipinski definition) is 3. The van der Waals surface area contributed by atoms with Crippen molar-refractivity contribution in [3.63, 3.8) is 0 Å². The van der Waals surface area contributed by atoms with Crippen molar-refractivity contribution in [2.24, 2.45) is 4.99 Å². The normalized spacial score (nSPS) is 14.9. The molecule has 1 N–H and O–H groups in total. The number of rotatable bonds is 2. The van der Waals surface area contributed by atoms with Crippen LogP contribution in [0.4, 0.5) is 11.4 Å². The Morgan fingerprint density at radius 1 is 0.568 bits per heavy atom. The van der Waals surface area contributed by atoms with E-state index in [1.54, 1.807) is 0 Å². The molecule has 1 atom stereocenters. The van der Waals surface area contributed by atoms with Gasteiger partial charge in [-0.15, -0.1) is 0 Å². The average Bonchev–Trinajstić information content (AvgIpc) is 3.36. The van der Waals surface area contributed by atoms with Crippen molar-refractivity contribution in [1.82, 2.24) is 0 Å². The van der Waals surface area contributed by atoms with Gasteiger partial charge in [0.1, 0.15) is 11.2 Å². The van der Waals surface area contributed by atoms with E-state index in [1.165, 1.54) is 27.1 Å². The molecule has 8 rings (SSSR count). The maximum absolute atomic E-state index is 6.27. The smallest absolute Gasteiger partial charge is 0.143 e. The van der Waals surface area contributed by atoms with E-state index in [-0.39, 0.29) is 6.04 Å². The van der Waals surface area contributed by atoms with Gasteiger partial charge in [-0.1, -0.05) is 109 Å². The van der Waals surface area contributed by atoms with Gasteiger partial charge in [-0.3, -0.25) is 4.99 Å². The van der Waals surface area contributed by atoms with Crippen LogP contribution in [0.3, 0.4) is 0 Å². The molecule has 1 aromatic heterocycles. The van der Waals surface area contributed by atoms with Crippen molar-refractivity contribution < 1.29 is 4.42 Å². The summed E-state index contributed by atoms with van der Waals surface area (Å²) in [6, 6.07) is 40.4. The average molecular weight is 475 g/mol. The Morgan fingerprint density at radius 2 is 1.22 bits per heavy atom. The molecule has 0 amide bonds. The van der Waals surface area contributed by atoms with Crippen molar-refractivity contribution in [3.8, 4) is 11.1 Å². The number of para-hydroxylation sites is 2. The molecule has 1 unspecified atom stereocenters. The van der Waals surface area contributed by atoms with Gasteiger partial charge in [-0.25, -0.2) is 0 Å². The minimum atomic E-state index is -0.00638. The third-order valence-corrected chi connectivity index (χ3v) is 7.54. The molecular weight excluding hydrogens is 452 g/mol. The van der Waals surface area contributed by atoms with E-state index in [2.05, 4.69) is 108 Å². The highest BCUT2D eigenvalue weighted by Crippen LogP contribution is 2.45. The van der Waals surface area contributed by atoms with E-state index in [4.69, 9.17) is 9.41 Å². The molecule has 0 saturated carbocycles. The molecule has 7 aromatic rings. The minimum absolute atomic E-state index is 0.00638. The molecule has 174 valence electrons. The number of benzene rings is 6. The highest BCUT2D eigenvalue weighted by Gasteiger charge is 2.21. The van der Waals surface area contributed by atoms with E-state index >= 15 is 0 Å². The lowest BCUT2D eigenvalue weighted by Gasteiger charge is -2.25. The van der Waals surface area contributed by atoms with Gasteiger partial charge in [0, 0.05) is 33.3 Å². The maximum atomic E-state index is 6.27. The van der Waals surface area contributed by atoms with E-state index < -0.39 is 0 Å². The van der Waals surface area contributed by atoms with Crippen LogP contribution in [0, 0.1) is 0 Å². The monoisotopic (exact) mass is 474 g/mol. The first-order valence-electron chi connectivity index (χ1n) is 12.6. The number of hydrogen-bond donors (Lipinski definition) is 1. The molecule has 0 spiro atoms. The van der Waals surface area contributed by atoms with Crippen LogP contribution in [0.5, 0.6) is 0 Å². The van der Waals surface area contributed by atoms with E-state index in [9.17, 15) is 0 Å². The zero-order chi connectivity index (χ0) is 24.3. The Hall–Kier alpha value is -4.89. The highest BCUT2D eigenvalue weighted by atomic mass is 16.3. The SMILES string of the molecule is C1=Nc2c(c3ccccc3c3ccccc23)NC1c1ccc(-c2cccc3c2oc2ccccc23)cc1. The van der Waals surface area contributed by atoms with Crippen LogP contribution in [0.1, 0.15) is 11.6 Å². The molecule has 0 bridgehead atoms. The first-order valence-corrected chi connectivity index (χ1v) is 12.6. The van der Waals surface area contributed by atoms with Gasteiger partial charge in [0.15, 0.2) is 0 Å². The fraction of sp³-hybridized carbons (Fsp3) is 0.0294. The minimum Gasteiger partial charge on any atom is -0.455 e. The summed E-state index contributed by atoms with van der Waals surface area (Å²) in [5, 5.41) is 10.9. The zero-order valence-electron chi connectivity index (χ0n) is 20.0. The van der Waals surface area contributed by atoms with Gasteiger partial charge in [-0.2, -0.15) is 0 Å². The largest absolute Gasteiger partial charge is 0.455 e. The summed E-state index contributed by atoms with van der Waals surface area (Å²) in [5.41, 5.74) is 7.37. The van der Waals surface area contributed by atoms with Gasteiger partial charge in [-0.05, 0) is 28.0 Å². The third kappa shape index (κ3) is 3.04.